The van der Waals surface area contributed by atoms with Crippen LogP contribution in [0.4, 0.5) is 0 Å². The third-order valence-electron chi connectivity index (χ3n) is 5.39. The van der Waals surface area contributed by atoms with E-state index in [2.05, 4.69) is 26.0 Å². The lowest BCUT2D eigenvalue weighted by molar-refractivity contribution is -0.123. The number of methoxy groups -OCH3 is 2. The Labute approximate surface area is 206 Å². The number of hydrazone groups is 1. The average Bonchev–Trinajstić information content (AvgIpc) is 2.92. The minimum Gasteiger partial charge on any atom is -0.497 e. The number of nitrogens with one attached hydrogen (secondary N) is 3. The molecule has 0 bridgehead atoms. The van der Waals surface area contributed by atoms with Crippen LogP contribution in [-0.4, -0.2) is 42.4 Å². The molecule has 0 spiro atoms. The fraction of sp³-hybridized carbons (Fsp3) is 0.115. The quantitative estimate of drug-likeness (QED) is 0.259. The molecule has 2 amide bonds. The van der Waals surface area contributed by atoms with Gasteiger partial charge in [0.2, 0.25) is 0 Å². The van der Waals surface area contributed by atoms with Gasteiger partial charge in [-0.3, -0.25) is 14.4 Å². The molecule has 4 rings (SSSR count). The first kappa shape index (κ1) is 24.1. The molecule has 10 nitrogen and oxygen atoms in total. The SMILES string of the molecule is COc1ccc(/C=N\NC(=O)[C@H](NC(=O)c2ccccc2)c2n[nH]c(=O)c3ccccc23)c(OC)c1. The summed E-state index contributed by atoms with van der Waals surface area (Å²) >= 11 is 0. The molecule has 1 heterocycles. The standard InChI is InChI=1S/C26H23N5O5/c1-35-18-13-12-17(21(14-18)36-2)15-27-30-26(34)23(28-24(32)16-8-4-3-5-9-16)22-19-10-6-7-11-20(19)25(33)31-29-22/h3-15,23H,1-2H3,(H,28,32)(H,30,34)(H,31,33)/b27-15-/t23-/m1/s1. The number of carbonyl (C=O) groups excluding carboxylic acids is 2. The van der Waals surface area contributed by atoms with Crippen LogP contribution in [0.5, 0.6) is 11.5 Å². The summed E-state index contributed by atoms with van der Waals surface area (Å²) in [6.45, 7) is 0. The number of nitrogens with zero attached hydrogens (tertiary/aromatic N) is 2. The molecule has 10 heteroatoms. The summed E-state index contributed by atoms with van der Waals surface area (Å²) in [6, 6.07) is 19.0. The minimum absolute atomic E-state index is 0.171. The number of aromatic amines is 1. The molecule has 1 aromatic heterocycles. The van der Waals surface area contributed by atoms with Gasteiger partial charge in [0.15, 0.2) is 6.04 Å². The molecule has 4 aromatic rings. The highest BCUT2D eigenvalue weighted by molar-refractivity contribution is 5.99. The number of ether oxygens (including phenoxy) is 2. The Morgan fingerprint density at radius 2 is 1.69 bits per heavy atom. The van der Waals surface area contributed by atoms with Crippen LogP contribution in [0.3, 0.4) is 0 Å². The number of fused-ring (bicyclic) bond motifs is 1. The fourth-order valence-electron chi connectivity index (χ4n) is 3.57. The van der Waals surface area contributed by atoms with E-state index < -0.39 is 23.4 Å². The predicted molar refractivity (Wildman–Crippen MR) is 134 cm³/mol. The Morgan fingerprint density at radius 3 is 2.42 bits per heavy atom. The third kappa shape index (κ3) is 5.22. The molecule has 0 unspecified atom stereocenters. The van der Waals surface area contributed by atoms with Crippen molar-refractivity contribution in [1.82, 2.24) is 20.9 Å². The third-order valence-corrected chi connectivity index (χ3v) is 5.39. The second kappa shape index (κ2) is 11.0. The van der Waals surface area contributed by atoms with E-state index in [9.17, 15) is 14.4 Å². The topological polar surface area (TPSA) is 135 Å². The van der Waals surface area contributed by atoms with Gasteiger partial charge in [-0.15, -0.1) is 0 Å². The zero-order valence-electron chi connectivity index (χ0n) is 19.5. The molecule has 0 fully saturated rings. The Hall–Kier alpha value is -4.99. The van der Waals surface area contributed by atoms with Gasteiger partial charge in [0.05, 0.1) is 25.8 Å². The van der Waals surface area contributed by atoms with E-state index in [1.807, 2.05) is 0 Å². The van der Waals surface area contributed by atoms with Crippen LogP contribution >= 0.6 is 0 Å². The van der Waals surface area contributed by atoms with Gasteiger partial charge < -0.3 is 14.8 Å². The summed E-state index contributed by atoms with van der Waals surface area (Å²) < 4.78 is 10.5. The Balaban J connectivity index is 1.66. The number of H-pyrrole nitrogens is 1. The summed E-state index contributed by atoms with van der Waals surface area (Å²) in [5, 5.41) is 14.0. The molecule has 0 saturated heterocycles. The van der Waals surface area contributed by atoms with Gasteiger partial charge >= 0.3 is 0 Å². The normalized spacial score (nSPS) is 11.7. The predicted octanol–water partition coefficient (Wildman–Crippen LogP) is 2.56. The number of benzene rings is 3. The number of hydrogen-bond donors (Lipinski definition) is 3. The van der Waals surface area contributed by atoms with Gasteiger partial charge in [0.1, 0.15) is 17.2 Å². The molecule has 0 saturated carbocycles. The van der Waals surface area contributed by atoms with Crippen molar-refractivity contribution in [2.45, 2.75) is 6.04 Å². The monoisotopic (exact) mass is 485 g/mol. The maximum absolute atomic E-state index is 13.3. The van der Waals surface area contributed by atoms with Crippen LogP contribution in [0.25, 0.3) is 10.8 Å². The molecule has 0 aliphatic rings. The Morgan fingerprint density at radius 1 is 0.972 bits per heavy atom. The van der Waals surface area contributed by atoms with E-state index >= 15 is 0 Å². The van der Waals surface area contributed by atoms with Crippen molar-refractivity contribution < 1.29 is 19.1 Å². The van der Waals surface area contributed by atoms with E-state index in [0.29, 0.717) is 33.4 Å². The van der Waals surface area contributed by atoms with Crippen molar-refractivity contribution in [3.63, 3.8) is 0 Å². The van der Waals surface area contributed by atoms with Crippen LogP contribution in [0.1, 0.15) is 27.7 Å². The van der Waals surface area contributed by atoms with Crippen molar-refractivity contribution >= 4 is 28.8 Å². The molecule has 182 valence electrons. The average molecular weight is 486 g/mol. The molecule has 0 radical (unpaired) electrons. The largest absolute Gasteiger partial charge is 0.497 e. The summed E-state index contributed by atoms with van der Waals surface area (Å²) in [4.78, 5) is 38.4. The highest BCUT2D eigenvalue weighted by atomic mass is 16.5. The second-order valence-corrected chi connectivity index (χ2v) is 7.60. The zero-order chi connectivity index (χ0) is 25.5. The zero-order valence-corrected chi connectivity index (χ0v) is 19.5. The van der Waals surface area contributed by atoms with Crippen molar-refractivity contribution in [2.75, 3.05) is 14.2 Å². The summed E-state index contributed by atoms with van der Waals surface area (Å²) in [5.41, 5.74) is 3.15. The van der Waals surface area contributed by atoms with Gasteiger partial charge in [-0.05, 0) is 30.3 Å². The van der Waals surface area contributed by atoms with Crippen LogP contribution in [0.15, 0.2) is 82.7 Å². The number of aromatic nitrogens is 2. The molecule has 0 aliphatic carbocycles. The van der Waals surface area contributed by atoms with Crippen molar-refractivity contribution in [3.8, 4) is 11.5 Å². The van der Waals surface area contributed by atoms with E-state index in [4.69, 9.17) is 9.47 Å². The van der Waals surface area contributed by atoms with Crippen LogP contribution in [-0.2, 0) is 4.79 Å². The van der Waals surface area contributed by atoms with Gasteiger partial charge in [0.25, 0.3) is 17.4 Å². The number of carbonyl (C=O) groups is 2. The number of hydrogen-bond acceptors (Lipinski definition) is 7. The molecule has 36 heavy (non-hydrogen) atoms. The molecule has 3 N–H and O–H groups in total. The lowest BCUT2D eigenvalue weighted by atomic mass is 10.0. The lowest BCUT2D eigenvalue weighted by Gasteiger charge is -2.18. The van der Waals surface area contributed by atoms with Crippen LogP contribution in [0, 0.1) is 0 Å². The van der Waals surface area contributed by atoms with Crippen molar-refractivity contribution in [2.24, 2.45) is 5.10 Å². The van der Waals surface area contributed by atoms with E-state index in [0.717, 1.165) is 0 Å². The van der Waals surface area contributed by atoms with Crippen LogP contribution < -0.4 is 25.8 Å². The second-order valence-electron chi connectivity index (χ2n) is 7.60. The fourth-order valence-corrected chi connectivity index (χ4v) is 3.57. The van der Waals surface area contributed by atoms with E-state index in [1.165, 1.54) is 13.3 Å². The lowest BCUT2D eigenvalue weighted by Crippen LogP contribution is -2.40. The van der Waals surface area contributed by atoms with E-state index in [-0.39, 0.29) is 5.69 Å². The molecular weight excluding hydrogens is 462 g/mol. The first-order valence-electron chi connectivity index (χ1n) is 10.9. The minimum atomic E-state index is -1.26. The highest BCUT2D eigenvalue weighted by Crippen LogP contribution is 2.23. The van der Waals surface area contributed by atoms with Gasteiger partial charge in [-0.2, -0.15) is 10.2 Å². The summed E-state index contributed by atoms with van der Waals surface area (Å²) in [7, 11) is 3.05. The first-order chi connectivity index (χ1) is 17.5. The molecule has 3 aromatic carbocycles. The van der Waals surface area contributed by atoms with Crippen molar-refractivity contribution in [3.05, 3.63) is 100.0 Å². The number of amides is 2. The van der Waals surface area contributed by atoms with Gasteiger partial charge in [0, 0.05) is 22.6 Å². The molecule has 1 atom stereocenters. The van der Waals surface area contributed by atoms with Crippen LogP contribution in [0.2, 0.25) is 0 Å². The Bertz CT molecular complexity index is 1480. The Kier molecular flexibility index (Phi) is 7.35. The number of rotatable bonds is 8. The van der Waals surface area contributed by atoms with E-state index in [1.54, 1.807) is 79.9 Å². The summed E-state index contributed by atoms with van der Waals surface area (Å²) in [6.07, 6.45) is 1.41. The first-order valence-corrected chi connectivity index (χ1v) is 10.9. The maximum Gasteiger partial charge on any atom is 0.272 e. The smallest absolute Gasteiger partial charge is 0.272 e. The van der Waals surface area contributed by atoms with Gasteiger partial charge in [-0.25, -0.2) is 10.5 Å². The molecular formula is C26H23N5O5. The van der Waals surface area contributed by atoms with Crippen molar-refractivity contribution in [1.29, 1.82) is 0 Å². The van der Waals surface area contributed by atoms with Gasteiger partial charge in [-0.1, -0.05) is 36.4 Å². The molecule has 0 aliphatic heterocycles. The summed E-state index contributed by atoms with van der Waals surface area (Å²) in [5.74, 6) is -0.0522. The highest BCUT2D eigenvalue weighted by Gasteiger charge is 2.27. The maximum atomic E-state index is 13.3.